The zero-order chi connectivity index (χ0) is 14.8. The van der Waals surface area contributed by atoms with Gasteiger partial charge in [-0.2, -0.15) is 8.42 Å². The van der Waals surface area contributed by atoms with E-state index < -0.39 is 10.0 Å². The maximum absolute atomic E-state index is 12.0. The number of hydrogen-bond donors (Lipinski definition) is 0. The highest BCUT2D eigenvalue weighted by Crippen LogP contribution is 2.24. The molecular weight excluding hydrogens is 274 g/mol. The highest BCUT2D eigenvalue weighted by atomic mass is 32.2. The maximum Gasteiger partial charge on any atom is 0.371 e. The lowest BCUT2D eigenvalue weighted by Crippen LogP contribution is -2.27. The van der Waals surface area contributed by atoms with Gasteiger partial charge in [0, 0.05) is 0 Å². The third kappa shape index (κ3) is 2.84. The monoisotopic (exact) mass is 291 g/mol. The summed E-state index contributed by atoms with van der Waals surface area (Å²) in [7, 11) is 1.29. The number of sulfonamides is 1. The molecular formula is C15H17NO3S+. The highest BCUT2D eigenvalue weighted by molar-refractivity contribution is 7.90. The van der Waals surface area contributed by atoms with Crippen LogP contribution in [0.25, 0.3) is 11.1 Å². The van der Waals surface area contributed by atoms with Gasteiger partial charge in [0.2, 0.25) is 0 Å². The zero-order valence-electron chi connectivity index (χ0n) is 11.7. The second kappa shape index (κ2) is 5.64. The number of benzene rings is 2. The Bertz CT molecular complexity index is 674. The minimum atomic E-state index is -3.37. The summed E-state index contributed by atoms with van der Waals surface area (Å²) < 4.78 is 30.3. The summed E-state index contributed by atoms with van der Waals surface area (Å²) in [4.78, 5) is 0.291. The van der Waals surface area contributed by atoms with E-state index in [1.807, 2.05) is 24.3 Å². The fourth-order valence-corrected chi connectivity index (χ4v) is 2.72. The Balaban J connectivity index is 2.32. The van der Waals surface area contributed by atoms with Gasteiger partial charge in [-0.05, 0) is 35.4 Å². The van der Waals surface area contributed by atoms with Gasteiger partial charge in [-0.3, -0.25) is 0 Å². The average molecular weight is 291 g/mol. The van der Waals surface area contributed by atoms with E-state index in [1.165, 1.54) is 18.4 Å². The molecule has 2 aromatic rings. The lowest BCUT2D eigenvalue weighted by molar-refractivity contribution is 0.415. The SMILES string of the molecule is COc1ccc(-c2ccc(S(=O)(=O)[N+](C)C)cc2)cc1. The Morgan fingerprint density at radius 3 is 1.70 bits per heavy atom. The summed E-state index contributed by atoms with van der Waals surface area (Å²) in [6.07, 6.45) is 0. The van der Waals surface area contributed by atoms with Crippen molar-refractivity contribution < 1.29 is 13.2 Å². The van der Waals surface area contributed by atoms with Crippen LogP contribution in [0.3, 0.4) is 0 Å². The standard InChI is InChI=1S/C15H17NO3S/c1-16(2)20(17,18)15-10-6-13(7-11-15)12-4-8-14(19-3)9-5-12/h4-11H,1-3H3/q+1. The van der Waals surface area contributed by atoms with E-state index in [2.05, 4.69) is 0 Å². The first-order chi connectivity index (χ1) is 9.45. The first-order valence-electron chi connectivity index (χ1n) is 6.12. The van der Waals surface area contributed by atoms with Gasteiger partial charge in [-0.15, -0.1) is 0 Å². The molecule has 20 heavy (non-hydrogen) atoms. The molecule has 2 aromatic carbocycles. The van der Waals surface area contributed by atoms with E-state index in [4.69, 9.17) is 4.74 Å². The van der Waals surface area contributed by atoms with E-state index in [0.29, 0.717) is 4.90 Å². The van der Waals surface area contributed by atoms with Crippen LogP contribution >= 0.6 is 0 Å². The molecule has 0 atom stereocenters. The molecule has 2 rings (SSSR count). The van der Waals surface area contributed by atoms with E-state index in [9.17, 15) is 8.42 Å². The normalized spacial score (nSPS) is 11.6. The van der Waals surface area contributed by atoms with Crippen LogP contribution in [0.4, 0.5) is 0 Å². The Morgan fingerprint density at radius 2 is 1.30 bits per heavy atom. The van der Waals surface area contributed by atoms with Crippen molar-refractivity contribution in [1.29, 1.82) is 0 Å². The Hall–Kier alpha value is -1.85. The summed E-state index contributed by atoms with van der Waals surface area (Å²) in [5.41, 5.74) is 1.98. The molecule has 105 valence electrons. The Morgan fingerprint density at radius 1 is 0.850 bits per heavy atom. The van der Waals surface area contributed by atoms with E-state index in [-0.39, 0.29) is 0 Å². The van der Waals surface area contributed by atoms with Crippen LogP contribution in [-0.2, 0) is 10.0 Å². The van der Waals surface area contributed by atoms with Gasteiger partial charge in [0.15, 0.2) is 0 Å². The second-order valence-corrected chi connectivity index (χ2v) is 6.69. The summed E-state index contributed by atoms with van der Waals surface area (Å²) in [6.45, 7) is 0. The number of rotatable bonds is 4. The average Bonchev–Trinajstić information content (AvgIpc) is 2.47. The molecule has 0 spiro atoms. The zero-order valence-corrected chi connectivity index (χ0v) is 12.5. The molecule has 0 aliphatic rings. The van der Waals surface area contributed by atoms with Crippen molar-refractivity contribution in [3.05, 3.63) is 48.5 Å². The molecule has 0 aliphatic carbocycles. The number of ether oxygens (including phenoxy) is 1. The quantitative estimate of drug-likeness (QED) is 0.813. The molecule has 0 fully saturated rings. The van der Waals surface area contributed by atoms with E-state index in [1.54, 1.807) is 31.4 Å². The molecule has 4 nitrogen and oxygen atoms in total. The molecule has 0 aromatic heterocycles. The van der Waals surface area contributed by atoms with Gasteiger partial charge in [0.25, 0.3) is 0 Å². The largest absolute Gasteiger partial charge is 0.497 e. The minimum Gasteiger partial charge on any atom is -0.497 e. The van der Waals surface area contributed by atoms with Gasteiger partial charge >= 0.3 is 10.0 Å². The predicted molar refractivity (Wildman–Crippen MR) is 79.6 cm³/mol. The minimum absolute atomic E-state index is 0.291. The molecule has 5 heteroatoms. The topological polar surface area (TPSA) is 49.3 Å². The van der Waals surface area contributed by atoms with Gasteiger partial charge in [-0.25, -0.2) is 0 Å². The van der Waals surface area contributed by atoms with E-state index >= 15 is 0 Å². The van der Waals surface area contributed by atoms with Crippen molar-refractivity contribution in [1.82, 2.24) is 4.31 Å². The van der Waals surface area contributed by atoms with Crippen molar-refractivity contribution >= 4 is 10.0 Å². The van der Waals surface area contributed by atoms with Crippen LogP contribution in [0.5, 0.6) is 5.75 Å². The Labute approximate surface area is 119 Å². The van der Waals surface area contributed by atoms with Crippen molar-refractivity contribution in [2.75, 3.05) is 21.2 Å². The predicted octanol–water partition coefficient (Wildman–Crippen LogP) is 2.45. The lowest BCUT2D eigenvalue weighted by Gasteiger charge is -2.06. The van der Waals surface area contributed by atoms with Gasteiger partial charge in [-0.1, -0.05) is 28.6 Å². The molecule has 0 aliphatic heterocycles. The summed E-state index contributed by atoms with van der Waals surface area (Å²) >= 11 is 0. The van der Waals surface area contributed by atoms with Gasteiger partial charge in [0.05, 0.1) is 7.11 Å². The summed E-state index contributed by atoms with van der Waals surface area (Å²) in [5.74, 6) is 0.792. The molecule has 0 saturated carbocycles. The van der Waals surface area contributed by atoms with Crippen LogP contribution in [0.15, 0.2) is 53.4 Å². The van der Waals surface area contributed by atoms with Crippen molar-refractivity contribution in [3.63, 3.8) is 0 Å². The fourth-order valence-electron chi connectivity index (χ4n) is 1.81. The number of nitrogens with zero attached hydrogens (tertiary/aromatic N) is 1. The van der Waals surface area contributed by atoms with Crippen LogP contribution < -0.4 is 9.04 Å². The van der Waals surface area contributed by atoms with Crippen LogP contribution in [0, 0.1) is 0 Å². The molecule has 0 heterocycles. The molecule has 1 radical (unpaired) electrons. The highest BCUT2D eigenvalue weighted by Gasteiger charge is 2.25. The van der Waals surface area contributed by atoms with Gasteiger partial charge in [0.1, 0.15) is 24.7 Å². The second-order valence-electron chi connectivity index (χ2n) is 4.54. The van der Waals surface area contributed by atoms with Crippen LogP contribution in [-0.4, -0.2) is 29.6 Å². The third-order valence-corrected chi connectivity index (χ3v) is 4.89. The first-order valence-corrected chi connectivity index (χ1v) is 7.56. The van der Waals surface area contributed by atoms with Crippen LogP contribution in [0.2, 0.25) is 0 Å². The molecule has 0 unspecified atom stereocenters. The molecule has 0 bridgehead atoms. The van der Waals surface area contributed by atoms with Crippen molar-refractivity contribution in [2.45, 2.75) is 4.90 Å². The molecule has 0 amide bonds. The van der Waals surface area contributed by atoms with Crippen LogP contribution in [0.1, 0.15) is 0 Å². The maximum atomic E-state index is 12.0. The molecule has 0 N–H and O–H groups in total. The number of methoxy groups -OCH3 is 1. The van der Waals surface area contributed by atoms with Gasteiger partial charge < -0.3 is 4.74 Å². The summed E-state index contributed by atoms with van der Waals surface area (Å²) in [5, 5.41) is 0. The number of hydrogen-bond acceptors (Lipinski definition) is 3. The summed E-state index contributed by atoms with van der Waals surface area (Å²) in [6, 6.07) is 14.5. The fraction of sp³-hybridized carbons (Fsp3) is 0.200. The third-order valence-electron chi connectivity index (χ3n) is 3.06. The van der Waals surface area contributed by atoms with Crippen molar-refractivity contribution in [2.24, 2.45) is 0 Å². The first kappa shape index (κ1) is 14.6. The van der Waals surface area contributed by atoms with Crippen molar-refractivity contribution in [3.8, 4) is 16.9 Å². The lowest BCUT2D eigenvalue weighted by atomic mass is 10.1. The smallest absolute Gasteiger partial charge is 0.371 e. The van der Waals surface area contributed by atoms with E-state index in [0.717, 1.165) is 16.9 Å². The molecule has 0 saturated heterocycles. The Kier molecular flexibility index (Phi) is 4.11.